The summed E-state index contributed by atoms with van der Waals surface area (Å²) in [5.41, 5.74) is 5.81. The fraction of sp³-hybridized carbons (Fsp3) is 0.333. The van der Waals surface area contributed by atoms with Gasteiger partial charge in [-0.3, -0.25) is 25.0 Å². The SMILES string of the molecule is N[C@H](CCCCNc1ccc([N+](=O)[O-])cc1[N+](=O)[O-])C(=O)N[C@H](Cc1ccc(O)cc1)C(=O)O. The molecule has 0 saturated carbocycles. The molecule has 0 unspecified atom stereocenters. The number of non-ortho nitro benzene ring substituents is 1. The van der Waals surface area contributed by atoms with Crippen molar-refractivity contribution in [1.82, 2.24) is 5.32 Å². The van der Waals surface area contributed by atoms with E-state index in [2.05, 4.69) is 10.6 Å². The van der Waals surface area contributed by atoms with Gasteiger partial charge in [-0.05, 0) is 43.0 Å². The van der Waals surface area contributed by atoms with E-state index in [1.807, 2.05) is 0 Å². The van der Waals surface area contributed by atoms with E-state index in [0.717, 1.165) is 12.1 Å². The maximum atomic E-state index is 12.3. The fourth-order valence-corrected chi connectivity index (χ4v) is 3.12. The Bertz CT molecular complexity index is 1040. The molecule has 2 atom stereocenters. The van der Waals surface area contributed by atoms with Crippen LogP contribution in [0.1, 0.15) is 24.8 Å². The van der Waals surface area contributed by atoms with Crippen LogP contribution in [0.2, 0.25) is 0 Å². The zero-order chi connectivity index (χ0) is 25.3. The van der Waals surface area contributed by atoms with Crippen LogP contribution in [0.3, 0.4) is 0 Å². The number of hydrogen-bond donors (Lipinski definition) is 5. The fourth-order valence-electron chi connectivity index (χ4n) is 3.12. The summed E-state index contributed by atoms with van der Waals surface area (Å²) >= 11 is 0. The maximum absolute atomic E-state index is 12.3. The van der Waals surface area contributed by atoms with Crippen LogP contribution < -0.4 is 16.4 Å². The van der Waals surface area contributed by atoms with Gasteiger partial charge in [0.05, 0.1) is 22.0 Å². The third kappa shape index (κ3) is 7.70. The van der Waals surface area contributed by atoms with Crippen LogP contribution >= 0.6 is 0 Å². The molecule has 13 heteroatoms. The predicted octanol–water partition coefficient (Wildman–Crippen LogP) is 1.93. The van der Waals surface area contributed by atoms with Gasteiger partial charge >= 0.3 is 5.97 Å². The third-order valence-electron chi connectivity index (χ3n) is 4.97. The van der Waals surface area contributed by atoms with Crippen LogP contribution in [0.15, 0.2) is 42.5 Å². The molecule has 34 heavy (non-hydrogen) atoms. The number of rotatable bonds is 13. The quantitative estimate of drug-likeness (QED) is 0.161. The third-order valence-corrected chi connectivity index (χ3v) is 4.97. The van der Waals surface area contributed by atoms with Gasteiger partial charge in [0.2, 0.25) is 5.91 Å². The summed E-state index contributed by atoms with van der Waals surface area (Å²) in [4.78, 5) is 44.3. The zero-order valence-corrected chi connectivity index (χ0v) is 18.0. The molecular weight excluding hydrogens is 450 g/mol. The molecule has 0 bridgehead atoms. The van der Waals surface area contributed by atoms with E-state index >= 15 is 0 Å². The predicted molar refractivity (Wildman–Crippen MR) is 121 cm³/mol. The molecular formula is C21H25N5O8. The van der Waals surface area contributed by atoms with Crippen molar-refractivity contribution in [1.29, 1.82) is 0 Å². The average Bonchev–Trinajstić information content (AvgIpc) is 2.79. The minimum atomic E-state index is -1.22. The molecule has 0 radical (unpaired) electrons. The summed E-state index contributed by atoms with van der Waals surface area (Å²) in [6.07, 6.45) is 1.23. The van der Waals surface area contributed by atoms with Crippen molar-refractivity contribution in [2.24, 2.45) is 5.73 Å². The van der Waals surface area contributed by atoms with Crippen LogP contribution in [0.25, 0.3) is 0 Å². The first-order valence-electron chi connectivity index (χ1n) is 10.3. The number of aliphatic carboxylic acids is 1. The Morgan fingerprint density at radius 2 is 1.71 bits per heavy atom. The van der Waals surface area contributed by atoms with Gasteiger partial charge in [-0.15, -0.1) is 0 Å². The molecule has 0 aliphatic carbocycles. The monoisotopic (exact) mass is 475 g/mol. The lowest BCUT2D eigenvalue weighted by atomic mass is 10.0. The lowest BCUT2D eigenvalue weighted by Gasteiger charge is -2.18. The number of carbonyl (C=O) groups is 2. The van der Waals surface area contributed by atoms with Gasteiger partial charge in [0, 0.05) is 19.0 Å². The molecule has 0 heterocycles. The summed E-state index contributed by atoms with van der Waals surface area (Å²) < 4.78 is 0. The number of nitro groups is 2. The molecule has 0 aliphatic heterocycles. The Morgan fingerprint density at radius 3 is 2.29 bits per heavy atom. The van der Waals surface area contributed by atoms with E-state index in [0.29, 0.717) is 24.9 Å². The molecule has 2 aromatic rings. The molecule has 0 saturated heterocycles. The van der Waals surface area contributed by atoms with Gasteiger partial charge in [0.15, 0.2) is 0 Å². The van der Waals surface area contributed by atoms with Crippen molar-refractivity contribution in [3.05, 3.63) is 68.3 Å². The molecule has 0 aromatic heterocycles. The molecule has 2 rings (SSSR count). The topological polar surface area (TPSA) is 211 Å². The lowest BCUT2D eigenvalue weighted by Crippen LogP contribution is -2.49. The normalized spacial score (nSPS) is 12.4. The summed E-state index contributed by atoms with van der Waals surface area (Å²) in [5, 5.41) is 45.9. The minimum absolute atomic E-state index is 0.0199. The first-order chi connectivity index (χ1) is 16.1. The Morgan fingerprint density at radius 1 is 1.03 bits per heavy atom. The molecule has 182 valence electrons. The van der Waals surface area contributed by atoms with Gasteiger partial charge in [-0.25, -0.2) is 4.79 Å². The highest BCUT2D eigenvalue weighted by atomic mass is 16.6. The second kappa shape index (κ2) is 12.1. The number of nitrogens with two attached hydrogens (primary N) is 1. The Hall–Kier alpha value is -4.26. The molecule has 0 fully saturated rings. The number of unbranched alkanes of at least 4 members (excludes halogenated alkanes) is 1. The number of nitrogens with zero attached hydrogens (tertiary/aromatic N) is 2. The summed E-state index contributed by atoms with van der Waals surface area (Å²) in [7, 11) is 0. The van der Waals surface area contributed by atoms with Gasteiger partial charge in [0.25, 0.3) is 11.4 Å². The summed E-state index contributed by atoms with van der Waals surface area (Å²) in [6.45, 7) is 0.297. The van der Waals surface area contributed by atoms with Gasteiger partial charge < -0.3 is 26.6 Å². The number of carboxylic acid groups (broad SMARTS) is 1. The minimum Gasteiger partial charge on any atom is -0.508 e. The largest absolute Gasteiger partial charge is 0.508 e. The number of aromatic hydroxyl groups is 1. The first kappa shape index (κ1) is 26.0. The highest BCUT2D eigenvalue weighted by Crippen LogP contribution is 2.28. The van der Waals surface area contributed by atoms with E-state index in [-0.39, 0.29) is 30.0 Å². The van der Waals surface area contributed by atoms with Crippen molar-refractivity contribution >= 4 is 28.9 Å². The lowest BCUT2D eigenvalue weighted by molar-refractivity contribution is -0.393. The van der Waals surface area contributed by atoms with Crippen LogP contribution in [-0.4, -0.2) is 50.6 Å². The number of amides is 1. The number of nitro benzene ring substituents is 2. The Kier molecular flexibility index (Phi) is 9.26. The Balaban J connectivity index is 1.81. The van der Waals surface area contributed by atoms with E-state index < -0.39 is 39.5 Å². The number of nitrogens with one attached hydrogen (secondary N) is 2. The molecule has 0 spiro atoms. The maximum Gasteiger partial charge on any atom is 0.326 e. The van der Waals surface area contributed by atoms with Crippen LogP contribution in [0.5, 0.6) is 5.75 Å². The van der Waals surface area contributed by atoms with Crippen LogP contribution in [-0.2, 0) is 16.0 Å². The number of carbonyl (C=O) groups excluding carboxylic acids is 1. The molecule has 13 nitrogen and oxygen atoms in total. The van der Waals surface area contributed by atoms with E-state index in [9.17, 15) is 40.0 Å². The van der Waals surface area contributed by atoms with Crippen LogP contribution in [0.4, 0.5) is 17.1 Å². The van der Waals surface area contributed by atoms with Crippen LogP contribution in [0, 0.1) is 20.2 Å². The number of phenolic OH excluding ortho intramolecular Hbond substituents is 1. The number of carboxylic acids is 1. The van der Waals surface area contributed by atoms with Gasteiger partial charge in [-0.1, -0.05) is 12.1 Å². The number of anilines is 1. The van der Waals surface area contributed by atoms with E-state index in [4.69, 9.17) is 5.73 Å². The number of phenols is 1. The molecule has 2 aromatic carbocycles. The highest BCUT2D eigenvalue weighted by molar-refractivity contribution is 5.86. The Labute approximate surface area is 193 Å². The second-order valence-corrected chi connectivity index (χ2v) is 7.51. The van der Waals surface area contributed by atoms with Crippen molar-refractivity contribution in [3.63, 3.8) is 0 Å². The van der Waals surface area contributed by atoms with Crippen molar-refractivity contribution in [2.45, 2.75) is 37.8 Å². The molecule has 1 amide bonds. The summed E-state index contributed by atoms with van der Waals surface area (Å²) in [5.74, 6) is -1.80. The second-order valence-electron chi connectivity index (χ2n) is 7.51. The van der Waals surface area contributed by atoms with Crippen molar-refractivity contribution < 1.29 is 29.6 Å². The summed E-state index contributed by atoms with van der Waals surface area (Å²) in [6, 6.07) is 7.10. The average molecular weight is 475 g/mol. The molecule has 0 aliphatic rings. The van der Waals surface area contributed by atoms with Crippen molar-refractivity contribution in [2.75, 3.05) is 11.9 Å². The number of hydrogen-bond acceptors (Lipinski definition) is 9. The standard InChI is InChI=1S/C21H25N5O8/c22-16(20(28)24-18(21(29)30)11-13-4-7-15(27)8-5-13)3-1-2-10-23-17-9-6-14(25(31)32)12-19(17)26(33)34/h4-9,12,16,18,23,27H,1-3,10-11,22H2,(H,24,28)(H,29,30)/t16-,18-/m1/s1. The highest BCUT2D eigenvalue weighted by Gasteiger charge is 2.24. The van der Waals surface area contributed by atoms with E-state index in [1.54, 1.807) is 12.1 Å². The first-order valence-corrected chi connectivity index (χ1v) is 10.3. The number of benzene rings is 2. The molecule has 6 N–H and O–H groups in total. The van der Waals surface area contributed by atoms with E-state index in [1.165, 1.54) is 18.2 Å². The zero-order valence-electron chi connectivity index (χ0n) is 18.0. The van der Waals surface area contributed by atoms with Gasteiger partial charge in [0.1, 0.15) is 17.5 Å². The van der Waals surface area contributed by atoms with Crippen molar-refractivity contribution in [3.8, 4) is 5.75 Å². The van der Waals surface area contributed by atoms with Gasteiger partial charge in [-0.2, -0.15) is 0 Å². The smallest absolute Gasteiger partial charge is 0.326 e.